The standard InChI is InChI=1S/C10H21N3.C5H6N2O2S.C5H4N2OS.C2H3BrO2.C2H6.CH4N2S/c1-11(2)7-10(8-12(3)4)9-13(5)6;6-5(10)7-1-4(2-8)3-9;8-3-4-1-6-5(9)7-2-4;3-1-2(4)5;1-2;2-1(3)4/h7-9H,1-6H3;1-3,8H,(H2,6,10);1-3H,(H,6,7,9);1H2,(H,4,5);1-2H3;(H4,2,3,4)/q+2;;;;;. The third kappa shape index (κ3) is 51.5. The van der Waals surface area contributed by atoms with E-state index in [2.05, 4.69) is 97.6 Å². The van der Waals surface area contributed by atoms with Crippen molar-refractivity contribution in [2.24, 2.45) is 22.2 Å². The van der Waals surface area contributed by atoms with Crippen LogP contribution in [0.5, 0.6) is 0 Å². The number of thiocarbonyl (C=S) groups is 2. The molecule has 1 aromatic heterocycles. The fraction of sp³-hybridized carbons (Fsp3) is 0.360. The van der Waals surface area contributed by atoms with E-state index in [4.69, 9.17) is 15.9 Å². The van der Waals surface area contributed by atoms with E-state index in [0.717, 1.165) is 6.21 Å². The van der Waals surface area contributed by atoms with Crippen molar-refractivity contribution in [2.75, 3.05) is 47.6 Å². The van der Waals surface area contributed by atoms with E-state index < -0.39 is 5.97 Å². The van der Waals surface area contributed by atoms with E-state index in [-0.39, 0.29) is 21.1 Å². The molecule has 1 heterocycles. The lowest BCUT2D eigenvalue weighted by Gasteiger charge is -2.03. The predicted molar refractivity (Wildman–Crippen MR) is 189 cm³/mol. The number of halogens is 1. The molecule has 0 amide bonds. The van der Waals surface area contributed by atoms with Gasteiger partial charge in [0.1, 0.15) is 39.1 Å². The molecular formula is C25H44BrN9O5S3+2. The fourth-order valence-corrected chi connectivity index (χ4v) is 1.81. The van der Waals surface area contributed by atoms with Gasteiger partial charge in [-0.1, -0.05) is 29.8 Å². The van der Waals surface area contributed by atoms with E-state index in [1.54, 1.807) is 0 Å². The lowest BCUT2D eigenvalue weighted by Crippen LogP contribution is -2.18. The van der Waals surface area contributed by atoms with E-state index in [1.165, 1.54) is 18.0 Å². The van der Waals surface area contributed by atoms with Gasteiger partial charge in [0.2, 0.25) is 0 Å². The van der Waals surface area contributed by atoms with Gasteiger partial charge in [0.15, 0.2) is 40.0 Å². The maximum atomic E-state index is 10.0. The summed E-state index contributed by atoms with van der Waals surface area (Å²) < 4.78 is 4.46. The molecule has 0 radical (unpaired) electrons. The normalized spacial score (nSPS) is 8.81. The molecule has 0 aliphatic rings. The van der Waals surface area contributed by atoms with Crippen molar-refractivity contribution in [1.82, 2.24) is 14.9 Å². The van der Waals surface area contributed by atoms with E-state index >= 15 is 0 Å². The second-order valence-corrected chi connectivity index (χ2v) is 9.36. The number of rotatable bonds is 7. The van der Waals surface area contributed by atoms with Crippen molar-refractivity contribution < 1.29 is 33.7 Å². The molecule has 43 heavy (non-hydrogen) atoms. The number of carbonyl (C=O) groups is 3. The first-order valence-corrected chi connectivity index (χ1v) is 14.2. The Morgan fingerprint density at radius 1 is 1.09 bits per heavy atom. The largest absolute Gasteiger partial charge is 0.515 e. The van der Waals surface area contributed by atoms with Crippen LogP contribution in [0.4, 0.5) is 0 Å². The van der Waals surface area contributed by atoms with Crippen molar-refractivity contribution in [2.45, 2.75) is 13.8 Å². The Bertz CT molecular complexity index is 1130. The number of aromatic nitrogens is 2. The third-order valence-corrected chi connectivity index (χ3v) is 3.60. The highest BCUT2D eigenvalue weighted by Crippen LogP contribution is 1.88. The summed E-state index contributed by atoms with van der Waals surface area (Å²) in [5, 5.41) is 15.9. The number of allylic oxidation sites excluding steroid dienone is 2. The maximum Gasteiger partial charge on any atom is 0.314 e. The molecular weight excluding hydrogens is 682 g/mol. The zero-order valence-corrected chi connectivity index (χ0v) is 29.6. The van der Waals surface area contributed by atoms with E-state index in [9.17, 15) is 14.4 Å². The highest BCUT2D eigenvalue weighted by Gasteiger charge is 1.99. The summed E-state index contributed by atoms with van der Waals surface area (Å²) in [6.07, 6.45) is 12.0. The lowest BCUT2D eigenvalue weighted by atomic mass is 10.3. The molecule has 242 valence electrons. The zero-order chi connectivity index (χ0) is 35.0. The Kier molecular flexibility index (Phi) is 39.2. The minimum Gasteiger partial charge on any atom is -0.515 e. The predicted octanol–water partition coefficient (Wildman–Crippen LogP) is 1.69. The minimum absolute atomic E-state index is 0.000000000000000222. The topological polar surface area (TPSA) is 220 Å². The summed E-state index contributed by atoms with van der Waals surface area (Å²) in [6.45, 7) is 4.00. The van der Waals surface area contributed by atoms with Gasteiger partial charge in [0.25, 0.3) is 0 Å². The highest BCUT2D eigenvalue weighted by molar-refractivity contribution is 9.09. The van der Waals surface area contributed by atoms with Crippen LogP contribution in [-0.2, 0) is 9.59 Å². The number of nitrogens with two attached hydrogens (primary N) is 3. The molecule has 0 atom stereocenters. The number of aliphatic hydroxyl groups excluding tert-OH is 1. The molecule has 1 rings (SSSR count). The van der Waals surface area contributed by atoms with Gasteiger partial charge in [-0.05, 0) is 36.7 Å². The Morgan fingerprint density at radius 2 is 1.53 bits per heavy atom. The molecule has 0 bridgehead atoms. The summed E-state index contributed by atoms with van der Waals surface area (Å²) in [5.74, 6) is -0.829. The summed E-state index contributed by atoms with van der Waals surface area (Å²) in [5.41, 5.74) is 15.9. The number of aliphatic carboxylic acids is 1. The number of carbonyl (C=O) groups excluding carboxylic acids is 2. The number of aromatic amines is 1. The van der Waals surface area contributed by atoms with Crippen LogP contribution in [0.3, 0.4) is 0 Å². The molecule has 0 aliphatic heterocycles. The van der Waals surface area contributed by atoms with Crippen LogP contribution < -0.4 is 17.2 Å². The smallest absolute Gasteiger partial charge is 0.314 e. The number of nitrogens with one attached hydrogen (secondary N) is 1. The van der Waals surface area contributed by atoms with Crippen LogP contribution in [0.1, 0.15) is 24.2 Å². The van der Waals surface area contributed by atoms with Crippen LogP contribution >= 0.6 is 52.6 Å². The van der Waals surface area contributed by atoms with Gasteiger partial charge < -0.3 is 37.3 Å². The molecule has 9 N–H and O–H groups in total. The molecule has 14 nitrogen and oxygen atoms in total. The summed E-state index contributed by atoms with van der Waals surface area (Å²) in [6, 6.07) is 0. The number of carboxylic acid groups (broad SMARTS) is 1. The second-order valence-electron chi connectivity index (χ2n) is 7.52. The van der Waals surface area contributed by atoms with Crippen LogP contribution in [0.25, 0.3) is 0 Å². The molecule has 0 aliphatic carbocycles. The maximum absolute atomic E-state index is 10.0. The van der Waals surface area contributed by atoms with Gasteiger partial charge in [0.05, 0.1) is 11.8 Å². The molecule has 0 saturated carbocycles. The average Bonchev–Trinajstić information content (AvgIpc) is 2.90. The van der Waals surface area contributed by atoms with Gasteiger partial charge in [-0.15, -0.1) is 0 Å². The number of hydrogen-bond acceptors (Lipinski definition) is 9. The van der Waals surface area contributed by atoms with E-state index in [1.807, 2.05) is 70.2 Å². The van der Waals surface area contributed by atoms with Crippen LogP contribution in [-0.4, -0.2) is 129 Å². The van der Waals surface area contributed by atoms with Crippen molar-refractivity contribution in [3.05, 3.63) is 46.3 Å². The number of hydrogen-bond donors (Lipinski definition) is 6. The summed E-state index contributed by atoms with van der Waals surface area (Å²) in [7, 11) is 12.1. The number of aliphatic hydroxyl groups is 1. The SMILES string of the molecule is CC.CN(C)C=C(C=[N+](C)C)C=[N+](C)C.NC(=S)N=CC(C=O)=CO.NC(N)=S.O=C(O)CBr.O=Cc1cnc(=S)[nH]c1. The summed E-state index contributed by atoms with van der Waals surface area (Å²) >= 11 is 15.8. The first-order chi connectivity index (χ1) is 19.9. The van der Waals surface area contributed by atoms with Gasteiger partial charge in [0, 0.05) is 44.5 Å². The first-order valence-electron chi connectivity index (χ1n) is 11.8. The van der Waals surface area contributed by atoms with Crippen molar-refractivity contribution in [1.29, 1.82) is 0 Å². The molecule has 0 fully saturated rings. The lowest BCUT2D eigenvalue weighted by molar-refractivity contribution is -0.462. The monoisotopic (exact) mass is 725 g/mol. The number of H-pyrrole nitrogens is 1. The van der Waals surface area contributed by atoms with Crippen molar-refractivity contribution in [3.63, 3.8) is 0 Å². The third-order valence-electron chi connectivity index (χ3n) is 2.79. The van der Waals surface area contributed by atoms with E-state index in [0.29, 0.717) is 29.2 Å². The van der Waals surface area contributed by atoms with Gasteiger partial charge in [-0.3, -0.25) is 14.4 Å². The molecule has 0 saturated heterocycles. The fourth-order valence-electron chi connectivity index (χ4n) is 1.64. The number of carboxylic acids is 1. The van der Waals surface area contributed by atoms with Gasteiger partial charge in [-0.2, -0.15) is 0 Å². The molecule has 0 spiro atoms. The first kappa shape index (κ1) is 49.0. The van der Waals surface area contributed by atoms with Crippen molar-refractivity contribution in [3.8, 4) is 0 Å². The van der Waals surface area contributed by atoms with Gasteiger partial charge >= 0.3 is 5.97 Å². The Hall–Kier alpha value is -3.74. The molecule has 0 aromatic carbocycles. The number of nitrogens with zero attached hydrogens (tertiary/aromatic N) is 5. The highest BCUT2D eigenvalue weighted by atomic mass is 79.9. The Labute approximate surface area is 277 Å². The minimum atomic E-state index is -0.829. The molecule has 1 aromatic rings. The Morgan fingerprint density at radius 3 is 1.77 bits per heavy atom. The second kappa shape index (κ2) is 34.5. The summed E-state index contributed by atoms with van der Waals surface area (Å²) in [4.78, 5) is 41.0. The van der Waals surface area contributed by atoms with Crippen LogP contribution in [0, 0.1) is 4.77 Å². The molecule has 0 unspecified atom stereocenters. The van der Waals surface area contributed by atoms with Crippen molar-refractivity contribution >= 4 is 100.0 Å². The van der Waals surface area contributed by atoms with Gasteiger partial charge in [-0.25, -0.2) is 19.1 Å². The average molecular weight is 727 g/mol. The van der Waals surface area contributed by atoms with Crippen LogP contribution in [0.15, 0.2) is 41.0 Å². The Balaban J connectivity index is -0.000000145. The molecule has 18 heteroatoms. The number of aliphatic imine (C=N–C) groups is 1. The van der Waals surface area contributed by atoms with Crippen LogP contribution in [0.2, 0.25) is 0 Å². The zero-order valence-electron chi connectivity index (χ0n) is 25.6. The number of alkyl halides is 1. The number of aldehydes is 2. The quantitative estimate of drug-likeness (QED) is 0.0449.